The second kappa shape index (κ2) is 6.27. The van der Waals surface area contributed by atoms with Crippen molar-refractivity contribution in [2.45, 2.75) is 6.54 Å². The van der Waals surface area contributed by atoms with Crippen LogP contribution < -0.4 is 10.9 Å². The van der Waals surface area contributed by atoms with Crippen LogP contribution in [0.3, 0.4) is 0 Å². The number of benzene rings is 2. The number of anilines is 1. The number of para-hydroxylation sites is 2. The Kier molecular flexibility index (Phi) is 4.19. The lowest BCUT2D eigenvalue weighted by atomic mass is 10.3. The molecule has 22 heavy (non-hydrogen) atoms. The molecule has 1 heterocycles. The topological polar surface area (TPSA) is 64.0 Å². The molecule has 0 fully saturated rings. The van der Waals surface area contributed by atoms with E-state index in [9.17, 15) is 9.59 Å². The zero-order chi connectivity index (χ0) is 15.5. The molecule has 0 aliphatic heterocycles. The van der Waals surface area contributed by atoms with Crippen molar-refractivity contribution in [3.63, 3.8) is 0 Å². The van der Waals surface area contributed by atoms with Gasteiger partial charge in [-0.1, -0.05) is 12.1 Å². The van der Waals surface area contributed by atoms with Gasteiger partial charge in [0.1, 0.15) is 6.54 Å². The molecule has 0 unspecified atom stereocenters. The lowest BCUT2D eigenvalue weighted by molar-refractivity contribution is -0.116. The van der Waals surface area contributed by atoms with Crippen molar-refractivity contribution in [3.05, 3.63) is 68.7 Å². The Morgan fingerprint density at radius 2 is 1.86 bits per heavy atom. The Bertz CT molecular complexity index is 888. The second-order valence-electron chi connectivity index (χ2n) is 4.73. The number of hydrogen-bond acceptors (Lipinski definition) is 3. The molecule has 0 radical (unpaired) electrons. The van der Waals surface area contributed by atoms with E-state index in [1.807, 2.05) is 42.5 Å². The minimum Gasteiger partial charge on any atom is -0.325 e. The maximum atomic E-state index is 12.2. The monoisotopic (exact) mass is 405 g/mol. The van der Waals surface area contributed by atoms with E-state index in [0.29, 0.717) is 16.7 Å². The molecule has 5 nitrogen and oxygen atoms in total. The number of nitrogens with zero attached hydrogens (tertiary/aromatic N) is 2. The Labute approximate surface area is 140 Å². The zero-order valence-electron chi connectivity index (χ0n) is 11.5. The standard InChI is InChI=1S/C16H12IN3O2/c17-11-5-7-12(8-6-11)19-15(21)10-20-14-4-2-1-3-13(14)18-9-16(20)22/h1-9H,10H2,(H,19,21). The van der Waals surface area contributed by atoms with Crippen molar-refractivity contribution >= 4 is 45.2 Å². The summed E-state index contributed by atoms with van der Waals surface area (Å²) < 4.78 is 2.51. The minimum atomic E-state index is -0.295. The predicted octanol–water partition coefficient (Wildman–Crippen LogP) is 2.64. The number of halogens is 1. The summed E-state index contributed by atoms with van der Waals surface area (Å²) in [6.45, 7) is -0.0478. The third-order valence-electron chi connectivity index (χ3n) is 3.18. The van der Waals surface area contributed by atoms with Gasteiger partial charge in [0.2, 0.25) is 5.91 Å². The van der Waals surface area contributed by atoms with Gasteiger partial charge in [0.15, 0.2) is 0 Å². The highest BCUT2D eigenvalue weighted by molar-refractivity contribution is 14.1. The van der Waals surface area contributed by atoms with E-state index in [-0.39, 0.29) is 18.0 Å². The maximum absolute atomic E-state index is 12.2. The van der Waals surface area contributed by atoms with E-state index in [4.69, 9.17) is 0 Å². The first-order valence-electron chi connectivity index (χ1n) is 6.63. The smallest absolute Gasteiger partial charge is 0.269 e. The Hall–Kier alpha value is -2.22. The van der Waals surface area contributed by atoms with Crippen LogP contribution in [0.4, 0.5) is 5.69 Å². The molecule has 0 saturated heterocycles. The number of hydrogen-bond donors (Lipinski definition) is 1. The van der Waals surface area contributed by atoms with Crippen LogP contribution in [0.15, 0.2) is 59.5 Å². The van der Waals surface area contributed by atoms with Gasteiger partial charge in [0.25, 0.3) is 5.56 Å². The van der Waals surface area contributed by atoms with E-state index in [1.54, 1.807) is 6.07 Å². The third-order valence-corrected chi connectivity index (χ3v) is 3.90. The number of carbonyl (C=O) groups excluding carboxylic acids is 1. The molecular weight excluding hydrogens is 393 g/mol. The molecule has 2 aromatic carbocycles. The quantitative estimate of drug-likeness (QED) is 0.682. The van der Waals surface area contributed by atoms with E-state index in [2.05, 4.69) is 32.9 Å². The molecule has 3 rings (SSSR count). The van der Waals surface area contributed by atoms with Gasteiger partial charge in [-0.3, -0.25) is 14.2 Å². The van der Waals surface area contributed by atoms with Crippen LogP contribution in [0, 0.1) is 3.57 Å². The van der Waals surface area contributed by atoms with E-state index in [0.717, 1.165) is 3.57 Å². The molecule has 0 saturated carbocycles. The van der Waals surface area contributed by atoms with Crippen molar-refractivity contribution in [3.8, 4) is 0 Å². The predicted molar refractivity (Wildman–Crippen MR) is 93.8 cm³/mol. The largest absolute Gasteiger partial charge is 0.325 e. The van der Waals surface area contributed by atoms with Gasteiger partial charge < -0.3 is 5.32 Å². The first kappa shape index (κ1) is 14.7. The average Bonchev–Trinajstić information content (AvgIpc) is 2.52. The minimum absolute atomic E-state index is 0.0478. The molecule has 0 atom stereocenters. The van der Waals surface area contributed by atoms with Crippen LogP contribution in [0.25, 0.3) is 11.0 Å². The number of fused-ring (bicyclic) bond motifs is 1. The molecule has 6 heteroatoms. The van der Waals surface area contributed by atoms with E-state index < -0.39 is 0 Å². The molecule has 0 bridgehead atoms. The van der Waals surface area contributed by atoms with Crippen molar-refractivity contribution in [2.24, 2.45) is 0 Å². The molecule has 0 spiro atoms. The lowest BCUT2D eigenvalue weighted by Gasteiger charge is -2.10. The summed E-state index contributed by atoms with van der Waals surface area (Å²) in [5, 5.41) is 2.79. The number of carbonyl (C=O) groups is 1. The van der Waals surface area contributed by atoms with E-state index >= 15 is 0 Å². The Morgan fingerprint density at radius 3 is 2.64 bits per heavy atom. The fourth-order valence-corrected chi connectivity index (χ4v) is 2.51. The van der Waals surface area contributed by atoms with Crippen LogP contribution in [-0.4, -0.2) is 15.5 Å². The van der Waals surface area contributed by atoms with Crippen LogP contribution in [0.2, 0.25) is 0 Å². The van der Waals surface area contributed by atoms with Gasteiger partial charge in [0, 0.05) is 9.26 Å². The molecule has 1 aromatic heterocycles. The summed E-state index contributed by atoms with van der Waals surface area (Å²) in [6, 6.07) is 14.7. The number of rotatable bonds is 3. The molecule has 0 aliphatic carbocycles. The summed E-state index contributed by atoms with van der Waals surface area (Å²) in [7, 11) is 0. The molecule has 0 aliphatic rings. The molecule has 3 aromatic rings. The second-order valence-corrected chi connectivity index (χ2v) is 5.97. The summed E-state index contributed by atoms with van der Waals surface area (Å²) in [5.74, 6) is -0.250. The van der Waals surface area contributed by atoms with Crippen molar-refractivity contribution in [1.29, 1.82) is 0 Å². The average molecular weight is 405 g/mol. The zero-order valence-corrected chi connectivity index (χ0v) is 13.6. The lowest BCUT2D eigenvalue weighted by Crippen LogP contribution is -2.27. The van der Waals surface area contributed by atoms with Gasteiger partial charge in [-0.05, 0) is 59.0 Å². The molecule has 110 valence electrons. The van der Waals surface area contributed by atoms with Gasteiger partial charge in [0.05, 0.1) is 17.2 Å². The van der Waals surface area contributed by atoms with Crippen LogP contribution >= 0.6 is 22.6 Å². The van der Waals surface area contributed by atoms with E-state index in [1.165, 1.54) is 10.8 Å². The molecule has 1 N–H and O–H groups in total. The van der Waals surface area contributed by atoms with Crippen molar-refractivity contribution < 1.29 is 4.79 Å². The Balaban J connectivity index is 1.86. The third kappa shape index (κ3) is 3.16. The summed E-state index contributed by atoms with van der Waals surface area (Å²) >= 11 is 2.20. The van der Waals surface area contributed by atoms with Gasteiger partial charge in [-0.25, -0.2) is 4.98 Å². The van der Waals surface area contributed by atoms with Crippen LogP contribution in [-0.2, 0) is 11.3 Å². The molecular formula is C16H12IN3O2. The summed E-state index contributed by atoms with van der Waals surface area (Å²) in [6.07, 6.45) is 1.24. The molecule has 1 amide bonds. The van der Waals surface area contributed by atoms with Crippen molar-refractivity contribution in [2.75, 3.05) is 5.32 Å². The highest BCUT2D eigenvalue weighted by atomic mass is 127. The highest BCUT2D eigenvalue weighted by Crippen LogP contribution is 2.12. The number of nitrogens with one attached hydrogen (secondary N) is 1. The number of amides is 1. The van der Waals surface area contributed by atoms with Gasteiger partial charge >= 0.3 is 0 Å². The van der Waals surface area contributed by atoms with Crippen molar-refractivity contribution in [1.82, 2.24) is 9.55 Å². The summed E-state index contributed by atoms with van der Waals surface area (Å²) in [4.78, 5) is 28.2. The van der Waals surface area contributed by atoms with Crippen LogP contribution in [0.1, 0.15) is 0 Å². The Morgan fingerprint density at radius 1 is 1.14 bits per heavy atom. The summed E-state index contributed by atoms with van der Waals surface area (Å²) in [5.41, 5.74) is 1.74. The first-order chi connectivity index (χ1) is 10.6. The maximum Gasteiger partial charge on any atom is 0.269 e. The fourth-order valence-electron chi connectivity index (χ4n) is 2.16. The first-order valence-corrected chi connectivity index (χ1v) is 7.71. The normalized spacial score (nSPS) is 10.6. The van der Waals surface area contributed by atoms with Gasteiger partial charge in [-0.2, -0.15) is 0 Å². The fraction of sp³-hybridized carbons (Fsp3) is 0.0625. The number of aromatic nitrogens is 2. The highest BCUT2D eigenvalue weighted by Gasteiger charge is 2.09. The van der Waals surface area contributed by atoms with Gasteiger partial charge in [-0.15, -0.1) is 0 Å². The van der Waals surface area contributed by atoms with Crippen LogP contribution in [0.5, 0.6) is 0 Å². The SMILES string of the molecule is O=C(Cn1c(=O)cnc2ccccc21)Nc1ccc(I)cc1.